The third-order valence-corrected chi connectivity index (χ3v) is 4.08. The molecule has 1 N–H and O–H groups in total. The second kappa shape index (κ2) is 8.05. The summed E-state index contributed by atoms with van der Waals surface area (Å²) in [5.74, 6) is 1.68. The van der Waals surface area contributed by atoms with Gasteiger partial charge in [-0.15, -0.1) is 0 Å². The van der Waals surface area contributed by atoms with Crippen LogP contribution in [0.1, 0.15) is 17.9 Å². The van der Waals surface area contributed by atoms with Gasteiger partial charge in [0.05, 0.1) is 20.3 Å². The molecule has 1 unspecified atom stereocenters. The summed E-state index contributed by atoms with van der Waals surface area (Å²) in [4.78, 5) is 0. The van der Waals surface area contributed by atoms with Gasteiger partial charge in [0.1, 0.15) is 11.5 Å². The van der Waals surface area contributed by atoms with Gasteiger partial charge >= 0.3 is 0 Å². The lowest BCUT2D eigenvalue weighted by molar-refractivity contribution is 0.229. The number of aliphatic hydroxyl groups excluding tert-OH is 1. The van der Waals surface area contributed by atoms with Crippen LogP contribution in [0.25, 0.3) is 0 Å². The first-order chi connectivity index (χ1) is 10.2. The van der Waals surface area contributed by atoms with E-state index in [2.05, 4.69) is 15.9 Å². The van der Waals surface area contributed by atoms with Gasteiger partial charge in [-0.2, -0.15) is 0 Å². The summed E-state index contributed by atoms with van der Waals surface area (Å²) >= 11 is 3.52. The number of benzene rings is 2. The number of hydrogen-bond donors (Lipinski definition) is 1. The minimum atomic E-state index is 0.0684. The highest BCUT2D eigenvalue weighted by Crippen LogP contribution is 2.27. The molecular weight excluding hydrogens is 332 g/mol. The van der Waals surface area contributed by atoms with Crippen LogP contribution in [0.2, 0.25) is 0 Å². The molecule has 0 spiro atoms. The van der Waals surface area contributed by atoms with Crippen LogP contribution in [-0.4, -0.2) is 25.4 Å². The zero-order chi connectivity index (χ0) is 15.1. The summed E-state index contributed by atoms with van der Waals surface area (Å²) in [6.45, 7) is 0.660. The molecule has 0 saturated heterocycles. The highest BCUT2D eigenvalue weighted by atomic mass is 79.9. The van der Waals surface area contributed by atoms with E-state index >= 15 is 0 Å². The standard InChI is InChI=1S/C17H19BrO3/c1-20-14-6-8-15(9-7-14)21-11-10-13(12-19)16-4-2-3-5-17(16)18/h2-9,13,19H,10-12H2,1H3. The maximum Gasteiger partial charge on any atom is 0.119 e. The van der Waals surface area contributed by atoms with Crippen LogP contribution in [-0.2, 0) is 0 Å². The molecule has 0 aliphatic heterocycles. The Hall–Kier alpha value is -1.52. The Balaban J connectivity index is 1.90. The molecule has 0 aliphatic carbocycles. The van der Waals surface area contributed by atoms with E-state index in [-0.39, 0.29) is 12.5 Å². The summed E-state index contributed by atoms with van der Waals surface area (Å²) in [7, 11) is 1.64. The Morgan fingerprint density at radius 3 is 2.33 bits per heavy atom. The van der Waals surface area contributed by atoms with Crippen molar-refractivity contribution < 1.29 is 14.6 Å². The van der Waals surface area contributed by atoms with Crippen LogP contribution < -0.4 is 9.47 Å². The van der Waals surface area contributed by atoms with Gasteiger partial charge in [0, 0.05) is 10.4 Å². The van der Waals surface area contributed by atoms with Crippen molar-refractivity contribution in [3.63, 3.8) is 0 Å². The van der Waals surface area contributed by atoms with Crippen LogP contribution in [0.5, 0.6) is 11.5 Å². The number of ether oxygens (including phenoxy) is 2. The van der Waals surface area contributed by atoms with Crippen LogP contribution in [0.15, 0.2) is 53.0 Å². The Bertz CT molecular complexity index is 554. The molecule has 4 heteroatoms. The van der Waals surface area contributed by atoms with E-state index in [1.165, 1.54) is 0 Å². The fourth-order valence-corrected chi connectivity index (χ4v) is 2.75. The molecule has 0 aliphatic rings. The van der Waals surface area contributed by atoms with Crippen molar-refractivity contribution in [1.82, 2.24) is 0 Å². The van der Waals surface area contributed by atoms with Gasteiger partial charge in [0.25, 0.3) is 0 Å². The van der Waals surface area contributed by atoms with Gasteiger partial charge in [0.2, 0.25) is 0 Å². The third kappa shape index (κ3) is 4.48. The SMILES string of the molecule is COc1ccc(OCCC(CO)c2ccccc2Br)cc1. The smallest absolute Gasteiger partial charge is 0.119 e. The maximum atomic E-state index is 9.58. The van der Waals surface area contributed by atoms with Crippen molar-refractivity contribution in [2.45, 2.75) is 12.3 Å². The van der Waals surface area contributed by atoms with Gasteiger partial charge < -0.3 is 14.6 Å². The van der Waals surface area contributed by atoms with E-state index in [9.17, 15) is 5.11 Å². The first-order valence-corrected chi connectivity index (χ1v) is 7.66. The monoisotopic (exact) mass is 350 g/mol. The number of hydrogen-bond acceptors (Lipinski definition) is 3. The van der Waals surface area contributed by atoms with E-state index < -0.39 is 0 Å². The predicted molar refractivity (Wildman–Crippen MR) is 87.1 cm³/mol. The van der Waals surface area contributed by atoms with Gasteiger partial charge in [-0.25, -0.2) is 0 Å². The molecular formula is C17H19BrO3. The molecule has 0 heterocycles. The van der Waals surface area contributed by atoms with Crippen molar-refractivity contribution in [1.29, 1.82) is 0 Å². The van der Waals surface area contributed by atoms with Crippen LogP contribution in [0.4, 0.5) is 0 Å². The van der Waals surface area contributed by atoms with Crippen molar-refractivity contribution in [2.24, 2.45) is 0 Å². The van der Waals surface area contributed by atoms with Gasteiger partial charge in [-0.1, -0.05) is 34.1 Å². The lowest BCUT2D eigenvalue weighted by Gasteiger charge is -2.16. The summed E-state index contributed by atoms with van der Waals surface area (Å²) in [5, 5.41) is 9.58. The second-order valence-electron chi connectivity index (χ2n) is 4.71. The molecule has 0 radical (unpaired) electrons. The van der Waals surface area contributed by atoms with Crippen molar-refractivity contribution in [3.8, 4) is 11.5 Å². The van der Waals surface area contributed by atoms with Gasteiger partial charge in [0.15, 0.2) is 0 Å². The molecule has 21 heavy (non-hydrogen) atoms. The fraction of sp³-hybridized carbons (Fsp3) is 0.294. The molecule has 0 bridgehead atoms. The second-order valence-corrected chi connectivity index (χ2v) is 5.57. The van der Waals surface area contributed by atoms with Crippen molar-refractivity contribution in [2.75, 3.05) is 20.3 Å². The highest BCUT2D eigenvalue weighted by Gasteiger charge is 2.13. The van der Waals surface area contributed by atoms with E-state index in [1.807, 2.05) is 48.5 Å². The molecule has 0 fully saturated rings. The van der Waals surface area contributed by atoms with E-state index in [0.29, 0.717) is 6.61 Å². The zero-order valence-electron chi connectivity index (χ0n) is 12.0. The predicted octanol–water partition coefficient (Wildman–Crippen LogP) is 4.00. The van der Waals surface area contributed by atoms with Crippen LogP contribution >= 0.6 is 15.9 Å². The van der Waals surface area contributed by atoms with Gasteiger partial charge in [-0.05, 0) is 42.3 Å². The molecule has 0 saturated carbocycles. The van der Waals surface area contributed by atoms with Crippen molar-refractivity contribution >= 4 is 15.9 Å². The maximum absolute atomic E-state index is 9.58. The first-order valence-electron chi connectivity index (χ1n) is 6.86. The van der Waals surface area contributed by atoms with E-state index in [1.54, 1.807) is 7.11 Å². The number of halogens is 1. The van der Waals surface area contributed by atoms with Crippen LogP contribution in [0.3, 0.4) is 0 Å². The Labute approximate surface area is 133 Å². The third-order valence-electron chi connectivity index (χ3n) is 3.36. The minimum Gasteiger partial charge on any atom is -0.497 e. The lowest BCUT2D eigenvalue weighted by atomic mass is 9.97. The molecule has 112 valence electrons. The highest BCUT2D eigenvalue weighted by molar-refractivity contribution is 9.10. The van der Waals surface area contributed by atoms with Crippen LogP contribution in [0, 0.1) is 0 Å². The van der Waals surface area contributed by atoms with E-state index in [4.69, 9.17) is 9.47 Å². The largest absolute Gasteiger partial charge is 0.497 e. The Kier molecular flexibility index (Phi) is 6.08. The Morgan fingerprint density at radius 2 is 1.71 bits per heavy atom. The van der Waals surface area contributed by atoms with Crippen molar-refractivity contribution in [3.05, 3.63) is 58.6 Å². The quantitative estimate of drug-likeness (QED) is 0.819. The summed E-state index contributed by atoms with van der Waals surface area (Å²) in [6, 6.07) is 15.5. The Morgan fingerprint density at radius 1 is 1.05 bits per heavy atom. The summed E-state index contributed by atoms with van der Waals surface area (Å²) in [5.41, 5.74) is 1.11. The minimum absolute atomic E-state index is 0.0684. The first kappa shape index (κ1) is 15.9. The molecule has 2 aromatic carbocycles. The van der Waals surface area contributed by atoms with Gasteiger partial charge in [-0.3, -0.25) is 0 Å². The van der Waals surface area contributed by atoms with E-state index in [0.717, 1.165) is 28.0 Å². The summed E-state index contributed by atoms with van der Waals surface area (Å²) < 4.78 is 11.8. The topological polar surface area (TPSA) is 38.7 Å². The average molecular weight is 351 g/mol. The lowest BCUT2D eigenvalue weighted by Crippen LogP contribution is -2.10. The molecule has 2 rings (SSSR count). The number of methoxy groups -OCH3 is 1. The normalized spacial score (nSPS) is 12.0. The average Bonchev–Trinajstić information content (AvgIpc) is 2.53. The molecule has 3 nitrogen and oxygen atoms in total. The fourth-order valence-electron chi connectivity index (χ4n) is 2.14. The number of rotatable bonds is 7. The molecule has 0 aromatic heterocycles. The summed E-state index contributed by atoms with van der Waals surface area (Å²) in [6.07, 6.45) is 0.755. The molecule has 1 atom stereocenters. The zero-order valence-corrected chi connectivity index (χ0v) is 13.5. The molecule has 0 amide bonds. The number of aliphatic hydroxyl groups is 1. The molecule has 2 aromatic rings.